The molecule has 0 aromatic carbocycles. The maximum atomic E-state index is 14.5. The number of thiazole rings is 1. The van der Waals surface area contributed by atoms with Crippen molar-refractivity contribution < 1.29 is 31.1 Å². The van der Waals surface area contributed by atoms with Gasteiger partial charge in [-0.3, -0.25) is 9.78 Å². The Morgan fingerprint density at radius 1 is 1.25 bits per heavy atom. The molecule has 2 atom stereocenters. The van der Waals surface area contributed by atoms with Crippen LogP contribution in [-0.4, -0.2) is 55.8 Å². The second-order valence-corrected chi connectivity index (χ2v) is 9.68. The molecule has 3 aromatic heterocycles. The molecule has 0 aliphatic carbocycles. The highest BCUT2D eigenvalue weighted by Gasteiger charge is 2.47. The minimum absolute atomic E-state index is 0.00548. The number of pyridine rings is 1. The normalized spacial score (nSPS) is 19.8. The van der Waals surface area contributed by atoms with Gasteiger partial charge in [0.05, 0.1) is 40.6 Å². The molecule has 1 aliphatic heterocycles. The topological polar surface area (TPSA) is 83.9 Å². The number of aryl methyl sites for hydroxylation is 1. The molecule has 7 nitrogen and oxygen atoms in total. The van der Waals surface area contributed by atoms with E-state index in [-0.39, 0.29) is 28.6 Å². The lowest BCUT2D eigenvalue weighted by Crippen LogP contribution is -2.57. The van der Waals surface area contributed by atoms with Crippen LogP contribution in [0.5, 0.6) is 0 Å². The Kier molecular flexibility index (Phi) is 6.90. The van der Waals surface area contributed by atoms with Gasteiger partial charge in [-0.1, -0.05) is 6.92 Å². The largest absolute Gasteiger partial charge is 0.434 e. The SMILES string of the molecule is Cc1nc(C(=O)N2CC(F)(F)C[C@@H](C)C2CNc2cnc(C(F)(F)F)cn2)c(-c2cc(F)ccn2)s1. The zero-order valence-electron chi connectivity index (χ0n) is 19.0. The molecule has 1 saturated heterocycles. The molecule has 4 heterocycles. The average molecular weight is 530 g/mol. The van der Waals surface area contributed by atoms with Gasteiger partial charge in [0.25, 0.3) is 11.8 Å². The van der Waals surface area contributed by atoms with E-state index in [0.29, 0.717) is 11.2 Å². The van der Waals surface area contributed by atoms with E-state index in [0.717, 1.165) is 34.6 Å². The van der Waals surface area contributed by atoms with Crippen LogP contribution in [0.25, 0.3) is 10.6 Å². The molecule has 0 spiro atoms. The molecule has 14 heteroatoms. The van der Waals surface area contributed by atoms with Gasteiger partial charge in [-0.2, -0.15) is 13.2 Å². The fraction of sp³-hybridized carbons (Fsp3) is 0.409. The van der Waals surface area contributed by atoms with Crippen LogP contribution in [0.3, 0.4) is 0 Å². The summed E-state index contributed by atoms with van der Waals surface area (Å²) in [6, 6.07) is 1.49. The van der Waals surface area contributed by atoms with Gasteiger partial charge in [-0.05, 0) is 18.9 Å². The number of aromatic nitrogens is 4. The maximum Gasteiger partial charge on any atom is 0.434 e. The summed E-state index contributed by atoms with van der Waals surface area (Å²) in [5, 5.41) is 3.25. The van der Waals surface area contributed by atoms with Crippen molar-refractivity contribution in [3.63, 3.8) is 0 Å². The Bertz CT molecular complexity index is 1250. The van der Waals surface area contributed by atoms with Gasteiger partial charge < -0.3 is 10.2 Å². The molecular weight excluding hydrogens is 510 g/mol. The van der Waals surface area contributed by atoms with E-state index >= 15 is 0 Å². The van der Waals surface area contributed by atoms with E-state index in [1.54, 1.807) is 13.8 Å². The van der Waals surface area contributed by atoms with Crippen molar-refractivity contribution in [1.82, 2.24) is 24.8 Å². The molecule has 1 N–H and O–H groups in total. The van der Waals surface area contributed by atoms with Crippen LogP contribution in [0.4, 0.5) is 32.2 Å². The molecule has 1 amide bonds. The van der Waals surface area contributed by atoms with Crippen molar-refractivity contribution in [1.29, 1.82) is 0 Å². The van der Waals surface area contributed by atoms with Crippen LogP contribution >= 0.6 is 11.3 Å². The van der Waals surface area contributed by atoms with Gasteiger partial charge in [0, 0.05) is 25.2 Å². The molecule has 192 valence electrons. The summed E-state index contributed by atoms with van der Waals surface area (Å²) in [5.41, 5.74) is -1.15. The summed E-state index contributed by atoms with van der Waals surface area (Å²) in [4.78, 5) is 30.1. The number of carbonyl (C=O) groups excluding carboxylic acids is 1. The van der Waals surface area contributed by atoms with Crippen molar-refractivity contribution in [2.45, 2.75) is 38.4 Å². The van der Waals surface area contributed by atoms with Crippen molar-refractivity contribution in [2.24, 2.45) is 5.92 Å². The number of nitrogens with zero attached hydrogens (tertiary/aromatic N) is 5. The Hall–Kier alpha value is -3.29. The lowest BCUT2D eigenvalue weighted by Gasteiger charge is -2.43. The Labute approximate surface area is 205 Å². The number of carbonyl (C=O) groups is 1. The molecule has 1 unspecified atom stereocenters. The lowest BCUT2D eigenvalue weighted by atomic mass is 9.88. The Balaban J connectivity index is 1.61. The summed E-state index contributed by atoms with van der Waals surface area (Å²) in [7, 11) is 0. The number of hydrogen-bond acceptors (Lipinski definition) is 7. The van der Waals surface area contributed by atoms with Crippen LogP contribution in [-0.2, 0) is 6.18 Å². The third-order valence-corrected chi connectivity index (χ3v) is 6.66. The van der Waals surface area contributed by atoms with Crippen molar-refractivity contribution in [3.05, 3.63) is 52.9 Å². The number of hydrogen-bond donors (Lipinski definition) is 1. The average Bonchev–Trinajstić information content (AvgIpc) is 3.18. The van der Waals surface area contributed by atoms with Gasteiger partial charge in [-0.25, -0.2) is 28.1 Å². The van der Waals surface area contributed by atoms with Crippen LogP contribution in [0.15, 0.2) is 30.7 Å². The Morgan fingerprint density at radius 2 is 2.00 bits per heavy atom. The number of piperidine rings is 1. The van der Waals surface area contributed by atoms with E-state index in [4.69, 9.17) is 0 Å². The monoisotopic (exact) mass is 530 g/mol. The second-order valence-electron chi connectivity index (χ2n) is 8.47. The zero-order chi connectivity index (χ0) is 26.3. The number of halogens is 6. The first kappa shape index (κ1) is 25.8. The highest BCUT2D eigenvalue weighted by atomic mass is 32.1. The highest BCUT2D eigenvalue weighted by molar-refractivity contribution is 7.15. The molecule has 36 heavy (non-hydrogen) atoms. The molecule has 1 aliphatic rings. The number of amides is 1. The number of nitrogens with one attached hydrogen (secondary N) is 1. The number of likely N-dealkylation sites (tertiary alicyclic amines) is 1. The van der Waals surface area contributed by atoms with Crippen LogP contribution in [0.2, 0.25) is 0 Å². The van der Waals surface area contributed by atoms with Crippen LogP contribution < -0.4 is 5.32 Å². The van der Waals surface area contributed by atoms with Crippen molar-refractivity contribution >= 4 is 23.1 Å². The summed E-state index contributed by atoms with van der Waals surface area (Å²) < 4.78 is 81.0. The predicted molar refractivity (Wildman–Crippen MR) is 119 cm³/mol. The lowest BCUT2D eigenvalue weighted by molar-refractivity contribution is -0.141. The highest BCUT2D eigenvalue weighted by Crippen LogP contribution is 2.37. The quantitative estimate of drug-likeness (QED) is 0.465. The maximum absolute atomic E-state index is 14.5. The molecule has 3 aromatic rings. The number of anilines is 1. The van der Waals surface area contributed by atoms with Gasteiger partial charge in [0.1, 0.15) is 17.3 Å². The molecule has 0 saturated carbocycles. The van der Waals surface area contributed by atoms with Crippen LogP contribution in [0.1, 0.15) is 34.5 Å². The summed E-state index contributed by atoms with van der Waals surface area (Å²) in [5.74, 6) is -5.21. The fourth-order valence-electron chi connectivity index (χ4n) is 4.06. The number of alkyl halides is 5. The van der Waals surface area contributed by atoms with E-state index < -0.39 is 54.4 Å². The van der Waals surface area contributed by atoms with Crippen molar-refractivity contribution in [2.75, 3.05) is 18.4 Å². The van der Waals surface area contributed by atoms with E-state index in [9.17, 15) is 31.1 Å². The summed E-state index contributed by atoms with van der Waals surface area (Å²) in [6.45, 7) is 2.23. The first-order valence-electron chi connectivity index (χ1n) is 10.8. The molecule has 0 bridgehead atoms. The number of rotatable bonds is 5. The van der Waals surface area contributed by atoms with Gasteiger partial charge in [0.15, 0.2) is 5.69 Å². The predicted octanol–water partition coefficient (Wildman–Crippen LogP) is 5.06. The molecular formula is C22H20F6N6OS. The standard InChI is InChI=1S/C22H20F6N6OS/c1-11-6-21(24,25)10-34(15(11)7-31-17-9-30-16(8-32-17)22(26,27)28)20(35)18-19(36-12(2)33-18)14-5-13(23)3-4-29-14/h3-5,8-9,11,15H,6-7,10H2,1-2H3,(H,31,32)/t11-,15?/m1/s1. The van der Waals surface area contributed by atoms with Gasteiger partial charge in [-0.15, -0.1) is 11.3 Å². The first-order valence-corrected chi connectivity index (χ1v) is 11.6. The smallest absolute Gasteiger partial charge is 0.367 e. The van der Waals surface area contributed by atoms with Gasteiger partial charge in [0.2, 0.25) is 0 Å². The second kappa shape index (κ2) is 9.64. The fourth-order valence-corrected chi connectivity index (χ4v) is 4.94. The molecule has 4 rings (SSSR count). The zero-order valence-corrected chi connectivity index (χ0v) is 19.8. The molecule has 0 radical (unpaired) electrons. The minimum Gasteiger partial charge on any atom is -0.367 e. The van der Waals surface area contributed by atoms with E-state index in [1.165, 1.54) is 6.20 Å². The molecule has 1 fully saturated rings. The summed E-state index contributed by atoms with van der Waals surface area (Å²) in [6.07, 6.45) is -2.48. The van der Waals surface area contributed by atoms with Crippen LogP contribution in [0, 0.1) is 18.7 Å². The Morgan fingerprint density at radius 3 is 2.64 bits per heavy atom. The van der Waals surface area contributed by atoms with Crippen molar-refractivity contribution in [3.8, 4) is 10.6 Å². The minimum atomic E-state index is -4.65. The third-order valence-electron chi connectivity index (χ3n) is 5.67. The first-order chi connectivity index (χ1) is 16.8. The summed E-state index contributed by atoms with van der Waals surface area (Å²) >= 11 is 1.08. The third kappa shape index (κ3) is 5.58. The van der Waals surface area contributed by atoms with Gasteiger partial charge >= 0.3 is 6.18 Å². The van der Waals surface area contributed by atoms with E-state index in [1.807, 2.05) is 0 Å². The van der Waals surface area contributed by atoms with E-state index in [2.05, 4.69) is 25.3 Å².